The van der Waals surface area contributed by atoms with Gasteiger partial charge in [0, 0.05) is 12.5 Å². The topological polar surface area (TPSA) is 55.4 Å². The summed E-state index contributed by atoms with van der Waals surface area (Å²) in [7, 11) is -3.00. The highest BCUT2D eigenvalue weighted by Gasteiger charge is 2.37. The van der Waals surface area contributed by atoms with E-state index in [9.17, 15) is 12.8 Å². The van der Waals surface area contributed by atoms with Gasteiger partial charge in [0.1, 0.15) is 17.7 Å². The predicted octanol–water partition coefficient (Wildman–Crippen LogP) is 1.19. The van der Waals surface area contributed by atoms with Gasteiger partial charge in [0.2, 0.25) is 0 Å². The summed E-state index contributed by atoms with van der Waals surface area (Å²) in [5, 5.41) is 3.05. The number of benzene rings is 1. The van der Waals surface area contributed by atoms with Crippen molar-refractivity contribution >= 4 is 15.5 Å². The Morgan fingerprint density at radius 2 is 2.24 bits per heavy atom. The van der Waals surface area contributed by atoms with Crippen molar-refractivity contribution in [1.29, 1.82) is 0 Å². The summed E-state index contributed by atoms with van der Waals surface area (Å²) in [5.41, 5.74) is 0.531. The van der Waals surface area contributed by atoms with Gasteiger partial charge in [-0.15, -0.1) is 0 Å². The first-order valence-electron chi connectivity index (χ1n) is 5.47. The Morgan fingerprint density at radius 1 is 1.41 bits per heavy atom. The van der Waals surface area contributed by atoms with Gasteiger partial charge in [-0.3, -0.25) is 0 Å². The molecule has 0 aliphatic carbocycles. The molecule has 4 nitrogen and oxygen atoms in total. The molecule has 1 saturated heterocycles. The number of ether oxygens (including phenoxy) is 1. The molecule has 1 aromatic carbocycles. The van der Waals surface area contributed by atoms with Crippen molar-refractivity contribution in [2.24, 2.45) is 0 Å². The van der Waals surface area contributed by atoms with Gasteiger partial charge >= 0.3 is 0 Å². The number of fused-ring (bicyclic) bond motifs is 2. The Bertz CT molecular complexity index is 558. The van der Waals surface area contributed by atoms with Crippen LogP contribution in [0.1, 0.15) is 6.42 Å². The molecule has 2 heterocycles. The summed E-state index contributed by atoms with van der Waals surface area (Å²) in [6, 6.07) is 3.95. The lowest BCUT2D eigenvalue weighted by Crippen LogP contribution is -2.50. The Morgan fingerprint density at radius 3 is 3.06 bits per heavy atom. The lowest BCUT2D eigenvalue weighted by atomic mass is 10.1. The molecule has 0 amide bonds. The highest BCUT2D eigenvalue weighted by molar-refractivity contribution is 7.91. The van der Waals surface area contributed by atoms with Crippen LogP contribution in [0.2, 0.25) is 0 Å². The van der Waals surface area contributed by atoms with Crippen LogP contribution >= 0.6 is 0 Å². The molecule has 3 rings (SSSR count). The molecule has 1 N–H and O–H groups in total. The number of anilines is 1. The van der Waals surface area contributed by atoms with Crippen molar-refractivity contribution in [1.82, 2.24) is 0 Å². The second-order valence-electron chi connectivity index (χ2n) is 4.45. The second kappa shape index (κ2) is 3.60. The van der Waals surface area contributed by atoms with Gasteiger partial charge < -0.3 is 10.1 Å². The molecule has 2 atom stereocenters. The van der Waals surface area contributed by atoms with E-state index in [0.717, 1.165) is 0 Å². The first-order chi connectivity index (χ1) is 8.03. The quantitative estimate of drug-likeness (QED) is 0.758. The lowest BCUT2D eigenvalue weighted by molar-refractivity contribution is 0.167. The van der Waals surface area contributed by atoms with Crippen LogP contribution in [0.15, 0.2) is 18.2 Å². The van der Waals surface area contributed by atoms with Crippen molar-refractivity contribution in [3.8, 4) is 5.75 Å². The fourth-order valence-electron chi connectivity index (χ4n) is 2.32. The molecular weight excluding hydrogens is 245 g/mol. The zero-order chi connectivity index (χ0) is 12.0. The van der Waals surface area contributed by atoms with Gasteiger partial charge in [-0.05, 0) is 12.1 Å². The van der Waals surface area contributed by atoms with Gasteiger partial charge in [-0.1, -0.05) is 0 Å². The molecule has 1 aromatic rings. The average molecular weight is 257 g/mol. The van der Waals surface area contributed by atoms with Crippen LogP contribution in [0.5, 0.6) is 5.75 Å². The molecule has 92 valence electrons. The van der Waals surface area contributed by atoms with Gasteiger partial charge in [-0.25, -0.2) is 12.8 Å². The Hall–Kier alpha value is -1.30. The molecule has 2 unspecified atom stereocenters. The third kappa shape index (κ3) is 1.97. The highest BCUT2D eigenvalue weighted by Crippen LogP contribution is 2.34. The summed E-state index contributed by atoms with van der Waals surface area (Å²) in [4.78, 5) is 0. The molecule has 0 spiro atoms. The van der Waals surface area contributed by atoms with Crippen LogP contribution in [0, 0.1) is 5.82 Å². The minimum absolute atomic E-state index is 0.0492. The number of nitrogens with one attached hydrogen (secondary N) is 1. The minimum atomic E-state index is -3.00. The summed E-state index contributed by atoms with van der Waals surface area (Å²) in [6.45, 7) is 0. The molecule has 0 saturated carbocycles. The normalized spacial score (nSPS) is 29.5. The maximum Gasteiger partial charge on any atom is 0.152 e. The van der Waals surface area contributed by atoms with Gasteiger partial charge in [0.25, 0.3) is 0 Å². The minimum Gasteiger partial charge on any atom is -0.486 e. The fraction of sp³-hybridized carbons (Fsp3) is 0.455. The Labute approximate surface area is 98.7 Å². The van der Waals surface area contributed by atoms with E-state index in [2.05, 4.69) is 5.32 Å². The van der Waals surface area contributed by atoms with Gasteiger partial charge in [0.05, 0.1) is 23.2 Å². The smallest absolute Gasteiger partial charge is 0.152 e. The van der Waals surface area contributed by atoms with Crippen molar-refractivity contribution in [3.63, 3.8) is 0 Å². The SMILES string of the molecule is O=S1(=O)CCC2Oc3ccc(F)cc3NC2C1. The third-order valence-electron chi connectivity index (χ3n) is 3.16. The summed E-state index contributed by atoms with van der Waals surface area (Å²) < 4.78 is 41.8. The molecule has 0 aromatic heterocycles. The Kier molecular flexibility index (Phi) is 2.29. The van der Waals surface area contributed by atoms with Crippen LogP contribution in [-0.2, 0) is 9.84 Å². The lowest BCUT2D eigenvalue weighted by Gasteiger charge is -2.37. The first-order valence-corrected chi connectivity index (χ1v) is 7.29. The van der Waals surface area contributed by atoms with E-state index in [0.29, 0.717) is 17.9 Å². The second-order valence-corrected chi connectivity index (χ2v) is 6.68. The summed E-state index contributed by atoms with van der Waals surface area (Å²) in [6.07, 6.45) is 0.341. The van der Waals surface area contributed by atoms with E-state index in [1.165, 1.54) is 12.1 Å². The van der Waals surface area contributed by atoms with E-state index in [-0.39, 0.29) is 29.5 Å². The molecule has 6 heteroatoms. The number of sulfone groups is 1. The molecule has 1 fully saturated rings. The van der Waals surface area contributed by atoms with E-state index < -0.39 is 9.84 Å². The first kappa shape index (κ1) is 10.8. The van der Waals surface area contributed by atoms with Gasteiger partial charge in [-0.2, -0.15) is 0 Å². The largest absolute Gasteiger partial charge is 0.486 e. The molecule has 17 heavy (non-hydrogen) atoms. The highest BCUT2D eigenvalue weighted by atomic mass is 32.2. The molecule has 0 radical (unpaired) electrons. The fourth-order valence-corrected chi connectivity index (χ4v) is 3.92. The zero-order valence-corrected chi connectivity index (χ0v) is 9.84. The maximum absolute atomic E-state index is 13.1. The van der Waals surface area contributed by atoms with Crippen LogP contribution in [0.4, 0.5) is 10.1 Å². The van der Waals surface area contributed by atoms with Crippen molar-refractivity contribution in [2.75, 3.05) is 16.8 Å². The predicted molar refractivity (Wildman–Crippen MR) is 61.5 cm³/mol. The van der Waals surface area contributed by atoms with Gasteiger partial charge in [0.15, 0.2) is 9.84 Å². The van der Waals surface area contributed by atoms with Crippen LogP contribution < -0.4 is 10.1 Å². The van der Waals surface area contributed by atoms with Crippen molar-refractivity contribution in [2.45, 2.75) is 18.6 Å². The third-order valence-corrected chi connectivity index (χ3v) is 4.88. The van der Waals surface area contributed by atoms with E-state index in [1.54, 1.807) is 6.07 Å². The molecule has 0 bridgehead atoms. The van der Waals surface area contributed by atoms with E-state index in [4.69, 9.17) is 4.74 Å². The monoisotopic (exact) mass is 257 g/mol. The molecular formula is C11H12FNO3S. The summed E-state index contributed by atoms with van der Waals surface area (Å²) >= 11 is 0. The number of rotatable bonds is 0. The van der Waals surface area contributed by atoms with Crippen molar-refractivity contribution in [3.05, 3.63) is 24.0 Å². The zero-order valence-electron chi connectivity index (χ0n) is 9.02. The van der Waals surface area contributed by atoms with E-state index >= 15 is 0 Å². The van der Waals surface area contributed by atoms with Crippen LogP contribution in [0.25, 0.3) is 0 Å². The van der Waals surface area contributed by atoms with E-state index in [1.807, 2.05) is 0 Å². The van der Waals surface area contributed by atoms with Crippen molar-refractivity contribution < 1.29 is 17.5 Å². The maximum atomic E-state index is 13.1. The standard InChI is InChI=1S/C11H12FNO3S/c12-7-1-2-10-8(5-7)13-9-6-17(14,15)4-3-11(9)16-10/h1-2,5,9,11,13H,3-4,6H2. The van der Waals surface area contributed by atoms with Crippen LogP contribution in [-0.4, -0.2) is 32.1 Å². The molecule has 2 aliphatic rings. The number of halogens is 1. The Balaban J connectivity index is 1.93. The molecule has 2 aliphatic heterocycles. The summed E-state index contributed by atoms with van der Waals surface area (Å²) in [5.74, 6) is 0.434. The van der Waals surface area contributed by atoms with Crippen LogP contribution in [0.3, 0.4) is 0 Å². The number of hydrogen-bond acceptors (Lipinski definition) is 4. The average Bonchev–Trinajstić information content (AvgIpc) is 2.25. The number of hydrogen-bond donors (Lipinski definition) is 1.